The van der Waals surface area contributed by atoms with Gasteiger partial charge in [0.15, 0.2) is 0 Å². The normalized spacial score (nSPS) is 10.7. The molecule has 0 radical (unpaired) electrons. The smallest absolute Gasteiger partial charge is 0.255 e. The van der Waals surface area contributed by atoms with Crippen LogP contribution >= 0.6 is 0 Å². The first-order chi connectivity index (χ1) is 12.1. The van der Waals surface area contributed by atoms with Crippen molar-refractivity contribution in [1.29, 1.82) is 0 Å². The number of amides is 1. The number of aryl methyl sites for hydroxylation is 2. The Hall–Kier alpha value is -2.92. The fourth-order valence-electron chi connectivity index (χ4n) is 2.73. The molecule has 5 heteroatoms. The van der Waals surface area contributed by atoms with E-state index in [1.54, 1.807) is 19.2 Å². The molecule has 0 spiro atoms. The summed E-state index contributed by atoms with van der Waals surface area (Å²) < 4.78 is 6.95. The quantitative estimate of drug-likeness (QED) is 0.769. The van der Waals surface area contributed by atoms with E-state index in [1.807, 2.05) is 61.0 Å². The highest BCUT2D eigenvalue weighted by Crippen LogP contribution is 2.18. The number of nitrogens with zero attached hydrogens (tertiary/aromatic N) is 2. The third-order valence-corrected chi connectivity index (χ3v) is 3.89. The molecule has 25 heavy (non-hydrogen) atoms. The van der Waals surface area contributed by atoms with E-state index in [1.165, 1.54) is 0 Å². The number of ether oxygens (including phenoxy) is 1. The first kappa shape index (κ1) is 16.9. The lowest BCUT2D eigenvalue weighted by Gasteiger charge is -2.09. The monoisotopic (exact) mass is 335 g/mol. The zero-order valence-electron chi connectivity index (χ0n) is 14.6. The highest BCUT2D eigenvalue weighted by atomic mass is 16.5. The first-order valence-corrected chi connectivity index (χ1v) is 8.10. The minimum absolute atomic E-state index is 0.144. The zero-order chi connectivity index (χ0) is 17.8. The second-order valence-electron chi connectivity index (χ2n) is 5.97. The average Bonchev–Trinajstić information content (AvgIpc) is 2.94. The van der Waals surface area contributed by atoms with E-state index in [2.05, 4.69) is 10.4 Å². The van der Waals surface area contributed by atoms with Gasteiger partial charge in [-0.15, -0.1) is 0 Å². The van der Waals surface area contributed by atoms with Gasteiger partial charge in [0.05, 0.1) is 18.0 Å². The Kier molecular flexibility index (Phi) is 4.95. The lowest BCUT2D eigenvalue weighted by molar-refractivity contribution is 0.102. The molecular formula is C20H21N3O2. The molecule has 0 fully saturated rings. The predicted octanol–water partition coefficient (Wildman–Crippen LogP) is 3.89. The summed E-state index contributed by atoms with van der Waals surface area (Å²) >= 11 is 0. The number of anilines is 1. The fourth-order valence-corrected chi connectivity index (χ4v) is 2.73. The van der Waals surface area contributed by atoms with Crippen molar-refractivity contribution in [3.8, 4) is 5.69 Å². The van der Waals surface area contributed by atoms with E-state index < -0.39 is 0 Å². The maximum absolute atomic E-state index is 12.4. The van der Waals surface area contributed by atoms with Crippen LogP contribution in [0, 0.1) is 13.8 Å². The van der Waals surface area contributed by atoms with Crippen molar-refractivity contribution >= 4 is 11.6 Å². The summed E-state index contributed by atoms with van der Waals surface area (Å²) in [5.74, 6) is -0.144. The van der Waals surface area contributed by atoms with Crippen LogP contribution in [0.4, 0.5) is 5.69 Å². The van der Waals surface area contributed by atoms with Crippen LogP contribution in [0.15, 0.2) is 54.6 Å². The molecule has 0 bridgehead atoms. The molecule has 0 aliphatic rings. The predicted molar refractivity (Wildman–Crippen MR) is 98.1 cm³/mol. The summed E-state index contributed by atoms with van der Waals surface area (Å²) in [6.07, 6.45) is 0. The summed E-state index contributed by atoms with van der Waals surface area (Å²) in [6, 6.07) is 17.1. The summed E-state index contributed by atoms with van der Waals surface area (Å²) in [6.45, 7) is 4.50. The van der Waals surface area contributed by atoms with E-state index in [9.17, 15) is 4.79 Å². The van der Waals surface area contributed by atoms with Crippen LogP contribution in [-0.2, 0) is 11.3 Å². The van der Waals surface area contributed by atoms with Gasteiger partial charge in [0, 0.05) is 24.1 Å². The molecule has 0 aliphatic carbocycles. The highest BCUT2D eigenvalue weighted by molar-refractivity contribution is 6.04. The van der Waals surface area contributed by atoms with Crippen molar-refractivity contribution in [2.24, 2.45) is 0 Å². The number of nitrogens with one attached hydrogen (secondary N) is 1. The van der Waals surface area contributed by atoms with Crippen molar-refractivity contribution < 1.29 is 9.53 Å². The van der Waals surface area contributed by atoms with E-state index in [0.29, 0.717) is 12.2 Å². The first-order valence-electron chi connectivity index (χ1n) is 8.10. The molecule has 128 valence electrons. The van der Waals surface area contributed by atoms with Crippen LogP contribution in [0.1, 0.15) is 27.3 Å². The van der Waals surface area contributed by atoms with Crippen LogP contribution in [0.3, 0.4) is 0 Å². The molecule has 0 atom stereocenters. The lowest BCUT2D eigenvalue weighted by Crippen LogP contribution is -2.12. The van der Waals surface area contributed by atoms with Gasteiger partial charge < -0.3 is 10.1 Å². The molecule has 3 aromatic rings. The van der Waals surface area contributed by atoms with Crippen LogP contribution in [0.25, 0.3) is 5.69 Å². The number of carbonyl (C=O) groups is 1. The van der Waals surface area contributed by atoms with Gasteiger partial charge in [-0.05, 0) is 55.8 Å². The number of hydrogen-bond donors (Lipinski definition) is 1. The molecule has 1 amide bonds. The van der Waals surface area contributed by atoms with E-state index in [-0.39, 0.29) is 5.91 Å². The van der Waals surface area contributed by atoms with Crippen molar-refractivity contribution in [2.75, 3.05) is 12.4 Å². The largest absolute Gasteiger partial charge is 0.380 e. The van der Waals surface area contributed by atoms with Crippen molar-refractivity contribution in [3.05, 3.63) is 77.1 Å². The Labute approximate surface area is 147 Å². The maximum Gasteiger partial charge on any atom is 0.255 e. The molecule has 0 aliphatic heterocycles. The summed E-state index contributed by atoms with van der Waals surface area (Å²) in [5.41, 5.74) is 5.30. The van der Waals surface area contributed by atoms with E-state index in [4.69, 9.17) is 4.74 Å². The Balaban J connectivity index is 1.77. The summed E-state index contributed by atoms with van der Waals surface area (Å²) in [7, 11) is 1.65. The Bertz CT molecular complexity index is 882. The van der Waals surface area contributed by atoms with Crippen molar-refractivity contribution in [2.45, 2.75) is 20.5 Å². The molecule has 1 N–H and O–H groups in total. The Morgan fingerprint density at radius 2 is 1.88 bits per heavy atom. The SMILES string of the molecule is COCc1ccc(C(=O)Nc2cccc(-n3nc(C)cc3C)c2)cc1. The van der Waals surface area contributed by atoms with Gasteiger partial charge in [-0.3, -0.25) is 4.79 Å². The molecule has 3 rings (SSSR count). The van der Waals surface area contributed by atoms with Gasteiger partial charge in [0.1, 0.15) is 0 Å². The summed E-state index contributed by atoms with van der Waals surface area (Å²) in [5, 5.41) is 7.41. The van der Waals surface area contributed by atoms with E-state index >= 15 is 0 Å². The standard InChI is InChI=1S/C20H21N3O2/c1-14-11-15(2)23(22-14)19-6-4-5-18(12-19)21-20(24)17-9-7-16(8-10-17)13-25-3/h4-12H,13H2,1-3H3,(H,21,24). The molecule has 0 unspecified atom stereocenters. The Morgan fingerprint density at radius 1 is 1.12 bits per heavy atom. The minimum Gasteiger partial charge on any atom is -0.380 e. The number of rotatable bonds is 5. The zero-order valence-corrected chi connectivity index (χ0v) is 14.6. The van der Waals surface area contributed by atoms with Crippen molar-refractivity contribution in [1.82, 2.24) is 9.78 Å². The van der Waals surface area contributed by atoms with E-state index in [0.717, 1.165) is 28.3 Å². The third kappa shape index (κ3) is 3.95. The fraction of sp³-hybridized carbons (Fsp3) is 0.200. The van der Waals surface area contributed by atoms with Crippen LogP contribution in [0.2, 0.25) is 0 Å². The van der Waals surface area contributed by atoms with Crippen LogP contribution in [-0.4, -0.2) is 22.8 Å². The third-order valence-electron chi connectivity index (χ3n) is 3.89. The minimum atomic E-state index is -0.144. The van der Waals surface area contributed by atoms with Gasteiger partial charge in [0.2, 0.25) is 0 Å². The second kappa shape index (κ2) is 7.32. The number of benzene rings is 2. The van der Waals surface area contributed by atoms with Gasteiger partial charge in [-0.25, -0.2) is 4.68 Å². The topological polar surface area (TPSA) is 56.1 Å². The van der Waals surface area contributed by atoms with Gasteiger partial charge in [-0.1, -0.05) is 18.2 Å². The Morgan fingerprint density at radius 3 is 2.52 bits per heavy atom. The van der Waals surface area contributed by atoms with Gasteiger partial charge in [-0.2, -0.15) is 5.10 Å². The highest BCUT2D eigenvalue weighted by Gasteiger charge is 2.08. The van der Waals surface area contributed by atoms with Gasteiger partial charge in [0.25, 0.3) is 5.91 Å². The molecule has 1 aromatic heterocycles. The second-order valence-corrected chi connectivity index (χ2v) is 5.97. The molecular weight excluding hydrogens is 314 g/mol. The molecule has 0 saturated heterocycles. The number of hydrogen-bond acceptors (Lipinski definition) is 3. The maximum atomic E-state index is 12.4. The van der Waals surface area contributed by atoms with Crippen molar-refractivity contribution in [3.63, 3.8) is 0 Å². The number of carbonyl (C=O) groups excluding carboxylic acids is 1. The molecule has 2 aromatic carbocycles. The van der Waals surface area contributed by atoms with Crippen LogP contribution in [0.5, 0.6) is 0 Å². The van der Waals surface area contributed by atoms with Gasteiger partial charge >= 0.3 is 0 Å². The molecule has 1 heterocycles. The average molecular weight is 335 g/mol. The van der Waals surface area contributed by atoms with Crippen LogP contribution < -0.4 is 5.32 Å². The summed E-state index contributed by atoms with van der Waals surface area (Å²) in [4.78, 5) is 12.4. The molecule has 5 nitrogen and oxygen atoms in total. The lowest BCUT2D eigenvalue weighted by atomic mass is 10.1. The number of methoxy groups -OCH3 is 1. The number of aromatic nitrogens is 2. The molecule has 0 saturated carbocycles.